The van der Waals surface area contributed by atoms with Gasteiger partial charge in [-0.05, 0) is 12.1 Å². The molecule has 0 amide bonds. The van der Waals surface area contributed by atoms with Gasteiger partial charge < -0.3 is 9.47 Å². The van der Waals surface area contributed by atoms with Crippen molar-refractivity contribution in [3.63, 3.8) is 0 Å². The largest absolute Gasteiger partial charge is 0.489 e. The van der Waals surface area contributed by atoms with E-state index >= 15 is 0 Å². The maximum absolute atomic E-state index is 12.6. The zero-order valence-corrected chi connectivity index (χ0v) is 12.8. The lowest BCUT2D eigenvalue weighted by atomic mass is 10.2. The van der Waals surface area contributed by atoms with Crippen LogP contribution in [0.4, 0.5) is 5.69 Å². The van der Waals surface area contributed by atoms with Crippen molar-refractivity contribution in [2.75, 3.05) is 38.2 Å². The second-order valence-corrected chi connectivity index (χ2v) is 6.50. The quantitative estimate of drug-likeness (QED) is 0.745. The molecule has 0 spiro atoms. The number of anilines is 1. The van der Waals surface area contributed by atoms with Crippen LogP contribution in [-0.2, 0) is 19.7 Å². The predicted octanol–water partition coefficient (Wildman–Crippen LogP) is 0.625. The Bertz CT molecular complexity index is 617. The summed E-state index contributed by atoms with van der Waals surface area (Å²) in [4.78, 5) is 11.1. The van der Waals surface area contributed by atoms with Crippen molar-refractivity contribution in [3.8, 4) is 5.75 Å². The lowest BCUT2D eigenvalue weighted by Gasteiger charge is -2.33. The Balaban J connectivity index is 2.18. The molecule has 1 heterocycles. The first-order chi connectivity index (χ1) is 9.96. The number of nitrogens with zero attached hydrogens (tertiary/aromatic N) is 2. The number of fused-ring (bicyclic) bond motifs is 1. The first-order valence-electron chi connectivity index (χ1n) is 6.49. The highest BCUT2D eigenvalue weighted by Gasteiger charge is 2.31. The molecule has 8 heteroatoms. The number of hydrogen-bond donors (Lipinski definition) is 0. The van der Waals surface area contributed by atoms with Gasteiger partial charge in [0.2, 0.25) is 0 Å². The van der Waals surface area contributed by atoms with Crippen LogP contribution in [-0.4, -0.2) is 52.5 Å². The van der Waals surface area contributed by atoms with Crippen molar-refractivity contribution < 1.29 is 22.7 Å². The molecule has 0 radical (unpaired) electrons. The van der Waals surface area contributed by atoms with Crippen LogP contribution in [0.5, 0.6) is 5.75 Å². The number of carbonyl (C=O) groups excluding carboxylic acids is 1. The van der Waals surface area contributed by atoms with Crippen LogP contribution in [0.3, 0.4) is 0 Å². The molecule has 0 saturated heterocycles. The molecule has 0 unspecified atom stereocenters. The van der Waals surface area contributed by atoms with Gasteiger partial charge in [0.25, 0.3) is 0 Å². The molecular weight excluding hydrogens is 296 g/mol. The average Bonchev–Trinajstić information content (AvgIpc) is 2.51. The van der Waals surface area contributed by atoms with Gasteiger partial charge in [0.15, 0.2) is 0 Å². The smallest absolute Gasteiger partial charge is 0.306 e. The SMILES string of the molecule is COC(=O)CCN(C)S(=O)(=O)N1CCOc2ccccc21. The maximum atomic E-state index is 12.6. The van der Waals surface area contributed by atoms with Gasteiger partial charge in [0.1, 0.15) is 12.4 Å². The molecule has 2 rings (SSSR count). The van der Waals surface area contributed by atoms with Gasteiger partial charge >= 0.3 is 16.2 Å². The minimum absolute atomic E-state index is 0.0121. The summed E-state index contributed by atoms with van der Waals surface area (Å²) in [6.07, 6.45) is 0.0121. The number of carbonyl (C=O) groups is 1. The fraction of sp³-hybridized carbons (Fsp3) is 0.462. The van der Waals surface area contributed by atoms with Gasteiger partial charge in [-0.15, -0.1) is 0 Å². The third kappa shape index (κ3) is 3.27. The second kappa shape index (κ2) is 6.31. The van der Waals surface area contributed by atoms with Crippen molar-refractivity contribution in [3.05, 3.63) is 24.3 Å². The van der Waals surface area contributed by atoms with Crippen molar-refractivity contribution in [1.82, 2.24) is 4.31 Å². The fourth-order valence-corrected chi connectivity index (χ4v) is 3.38. The molecular formula is C13H18N2O5S. The molecule has 0 saturated carbocycles. The maximum Gasteiger partial charge on any atom is 0.306 e. The summed E-state index contributed by atoms with van der Waals surface area (Å²) in [5.41, 5.74) is 0.508. The molecule has 0 N–H and O–H groups in total. The van der Waals surface area contributed by atoms with Crippen LogP contribution in [0.25, 0.3) is 0 Å². The van der Waals surface area contributed by atoms with Crippen LogP contribution < -0.4 is 9.04 Å². The number of esters is 1. The Kier molecular flexibility index (Phi) is 4.69. The summed E-state index contributed by atoms with van der Waals surface area (Å²) in [7, 11) is -0.987. The van der Waals surface area contributed by atoms with E-state index < -0.39 is 16.2 Å². The van der Waals surface area contributed by atoms with Crippen LogP contribution in [0.15, 0.2) is 24.3 Å². The highest BCUT2D eigenvalue weighted by Crippen LogP contribution is 2.33. The van der Waals surface area contributed by atoms with E-state index in [0.717, 1.165) is 4.31 Å². The molecule has 7 nitrogen and oxygen atoms in total. The van der Waals surface area contributed by atoms with Gasteiger partial charge in [0, 0.05) is 13.6 Å². The molecule has 0 aliphatic carbocycles. The number of para-hydroxylation sites is 2. The number of hydrogen-bond acceptors (Lipinski definition) is 5. The Morgan fingerprint density at radius 2 is 2.14 bits per heavy atom. The monoisotopic (exact) mass is 314 g/mol. The van der Waals surface area contributed by atoms with Gasteiger partial charge in [0.05, 0.1) is 25.8 Å². The zero-order valence-electron chi connectivity index (χ0n) is 12.0. The van der Waals surface area contributed by atoms with E-state index in [1.165, 1.54) is 18.5 Å². The Morgan fingerprint density at radius 3 is 2.86 bits per heavy atom. The summed E-state index contributed by atoms with van der Waals surface area (Å²) < 4.78 is 37.6. The van der Waals surface area contributed by atoms with E-state index in [0.29, 0.717) is 18.0 Å². The van der Waals surface area contributed by atoms with Crippen LogP contribution in [0.1, 0.15) is 6.42 Å². The molecule has 21 heavy (non-hydrogen) atoms. The summed E-state index contributed by atoms with van der Waals surface area (Å²) in [5, 5.41) is 0. The number of ether oxygens (including phenoxy) is 2. The predicted molar refractivity (Wildman–Crippen MR) is 77.5 cm³/mol. The van der Waals surface area contributed by atoms with Gasteiger partial charge in [-0.3, -0.25) is 9.10 Å². The standard InChI is InChI=1S/C13H18N2O5S/c1-14(8-7-13(16)19-2)21(17,18)15-9-10-20-12-6-4-3-5-11(12)15/h3-6H,7-10H2,1-2H3. The summed E-state index contributed by atoms with van der Waals surface area (Å²) in [6.45, 7) is 0.595. The number of methoxy groups -OCH3 is 1. The molecule has 1 aromatic carbocycles. The Labute approximate surface area is 124 Å². The molecule has 1 aromatic rings. The lowest BCUT2D eigenvalue weighted by molar-refractivity contribution is -0.140. The van der Waals surface area contributed by atoms with Gasteiger partial charge in [-0.1, -0.05) is 12.1 Å². The Morgan fingerprint density at radius 1 is 1.43 bits per heavy atom. The minimum Gasteiger partial charge on any atom is -0.489 e. The first-order valence-corrected chi connectivity index (χ1v) is 7.89. The first kappa shape index (κ1) is 15.6. The van der Waals surface area contributed by atoms with E-state index in [1.807, 2.05) is 0 Å². The van der Waals surface area contributed by atoms with Crippen molar-refractivity contribution in [1.29, 1.82) is 0 Å². The van der Waals surface area contributed by atoms with E-state index in [4.69, 9.17) is 4.74 Å². The Hall–Kier alpha value is -1.80. The van der Waals surface area contributed by atoms with Gasteiger partial charge in [-0.25, -0.2) is 0 Å². The van der Waals surface area contributed by atoms with E-state index in [2.05, 4.69) is 4.74 Å². The van der Waals surface area contributed by atoms with Crippen LogP contribution >= 0.6 is 0 Å². The topological polar surface area (TPSA) is 76.2 Å². The average molecular weight is 314 g/mol. The lowest BCUT2D eigenvalue weighted by Crippen LogP contribution is -2.46. The van der Waals surface area contributed by atoms with E-state index in [-0.39, 0.29) is 19.5 Å². The summed E-state index contributed by atoms with van der Waals surface area (Å²) >= 11 is 0. The van der Waals surface area contributed by atoms with E-state index in [9.17, 15) is 13.2 Å². The highest BCUT2D eigenvalue weighted by molar-refractivity contribution is 7.90. The molecule has 0 aromatic heterocycles. The second-order valence-electron chi connectivity index (χ2n) is 4.54. The zero-order chi connectivity index (χ0) is 15.5. The van der Waals surface area contributed by atoms with Crippen LogP contribution in [0.2, 0.25) is 0 Å². The molecule has 1 aliphatic heterocycles. The highest BCUT2D eigenvalue weighted by atomic mass is 32.2. The van der Waals surface area contributed by atoms with Crippen molar-refractivity contribution in [2.45, 2.75) is 6.42 Å². The number of benzene rings is 1. The molecule has 0 bridgehead atoms. The molecule has 116 valence electrons. The van der Waals surface area contributed by atoms with Gasteiger partial charge in [-0.2, -0.15) is 12.7 Å². The fourth-order valence-electron chi connectivity index (χ4n) is 2.02. The normalized spacial score (nSPS) is 14.5. The van der Waals surface area contributed by atoms with E-state index in [1.54, 1.807) is 24.3 Å². The van der Waals surface area contributed by atoms with Crippen LogP contribution in [0, 0.1) is 0 Å². The van der Waals surface area contributed by atoms with Crippen molar-refractivity contribution in [2.24, 2.45) is 0 Å². The summed E-state index contributed by atoms with van der Waals surface area (Å²) in [6, 6.07) is 6.96. The molecule has 0 fully saturated rings. The number of rotatable bonds is 5. The summed E-state index contributed by atoms with van der Waals surface area (Å²) in [5.74, 6) is 0.0909. The molecule has 1 aliphatic rings. The third-order valence-corrected chi connectivity index (χ3v) is 5.12. The molecule has 0 atom stereocenters. The minimum atomic E-state index is -3.70. The van der Waals surface area contributed by atoms with Crippen molar-refractivity contribution >= 4 is 21.9 Å². The third-order valence-electron chi connectivity index (χ3n) is 3.22.